The fourth-order valence-electron chi connectivity index (χ4n) is 6.24. The minimum absolute atomic E-state index is 0.212. The number of hydrogen-bond acceptors (Lipinski definition) is 8. The van der Waals surface area contributed by atoms with Crippen LogP contribution in [0, 0.1) is 0 Å². The zero-order chi connectivity index (χ0) is 29.3. The van der Waals surface area contributed by atoms with Gasteiger partial charge in [0.25, 0.3) is 5.56 Å². The van der Waals surface area contributed by atoms with Crippen molar-refractivity contribution in [1.29, 1.82) is 0 Å². The number of aromatic nitrogens is 4. The Hall–Kier alpha value is -3.79. The van der Waals surface area contributed by atoms with Gasteiger partial charge in [0.2, 0.25) is 5.95 Å². The van der Waals surface area contributed by atoms with Crippen LogP contribution >= 0.6 is 22.9 Å². The molecule has 220 valence electrons. The van der Waals surface area contributed by atoms with E-state index in [-0.39, 0.29) is 5.56 Å². The van der Waals surface area contributed by atoms with Crippen molar-refractivity contribution >= 4 is 51.3 Å². The summed E-state index contributed by atoms with van der Waals surface area (Å²) in [6.07, 6.45) is 9.64. The molecule has 43 heavy (non-hydrogen) atoms. The fraction of sp³-hybridized carbons (Fsp3) is 0.333. The SMILES string of the molecule is CN1CCN(c2ccc(Nc3ncc4cc(-c5ccc(C6CCCCC6)cc5Cl)c(=O)n(-c5nccs5)c4n3)cc2)CC1. The Bertz CT molecular complexity index is 1790. The van der Waals surface area contributed by atoms with Crippen LogP contribution < -0.4 is 15.8 Å². The van der Waals surface area contributed by atoms with Crippen molar-refractivity contribution in [2.75, 3.05) is 43.4 Å². The molecule has 8 nitrogen and oxygen atoms in total. The molecule has 0 radical (unpaired) electrons. The summed E-state index contributed by atoms with van der Waals surface area (Å²) >= 11 is 8.25. The molecule has 7 rings (SSSR count). The summed E-state index contributed by atoms with van der Waals surface area (Å²) < 4.78 is 1.57. The van der Waals surface area contributed by atoms with Crippen LogP contribution in [0.15, 0.2) is 71.1 Å². The zero-order valence-electron chi connectivity index (χ0n) is 24.2. The molecule has 4 heterocycles. The van der Waals surface area contributed by atoms with Crippen LogP contribution in [-0.2, 0) is 0 Å². The summed E-state index contributed by atoms with van der Waals surface area (Å²) in [6, 6.07) is 16.3. The number of thiazole rings is 1. The summed E-state index contributed by atoms with van der Waals surface area (Å²) in [6.45, 7) is 4.16. The van der Waals surface area contributed by atoms with E-state index in [4.69, 9.17) is 16.6 Å². The lowest BCUT2D eigenvalue weighted by atomic mass is 9.83. The minimum atomic E-state index is -0.212. The lowest BCUT2D eigenvalue weighted by Crippen LogP contribution is -2.44. The van der Waals surface area contributed by atoms with Crippen LogP contribution in [0.3, 0.4) is 0 Å². The summed E-state index contributed by atoms with van der Waals surface area (Å²) in [7, 11) is 2.16. The average Bonchev–Trinajstić information content (AvgIpc) is 3.57. The van der Waals surface area contributed by atoms with Crippen LogP contribution in [-0.4, -0.2) is 57.6 Å². The highest BCUT2D eigenvalue weighted by atomic mass is 35.5. The largest absolute Gasteiger partial charge is 0.369 e. The Labute approximate surface area is 260 Å². The van der Waals surface area contributed by atoms with E-state index in [1.807, 2.05) is 35.7 Å². The van der Waals surface area contributed by atoms with Crippen LogP contribution in [0.1, 0.15) is 43.6 Å². The first kappa shape index (κ1) is 28.0. The third kappa shape index (κ3) is 5.77. The predicted octanol–water partition coefficient (Wildman–Crippen LogP) is 7.10. The molecule has 0 unspecified atom stereocenters. The highest BCUT2D eigenvalue weighted by molar-refractivity contribution is 7.12. The molecule has 2 fully saturated rings. The molecule has 1 saturated heterocycles. The third-order valence-electron chi connectivity index (χ3n) is 8.70. The van der Waals surface area contributed by atoms with Gasteiger partial charge < -0.3 is 15.1 Å². The Balaban J connectivity index is 1.22. The highest BCUT2D eigenvalue weighted by Gasteiger charge is 2.21. The molecule has 5 aromatic rings. The van der Waals surface area contributed by atoms with Crippen molar-refractivity contribution < 1.29 is 0 Å². The highest BCUT2D eigenvalue weighted by Crippen LogP contribution is 2.37. The second-order valence-corrected chi connectivity index (χ2v) is 12.8. The molecule has 1 aliphatic heterocycles. The molecule has 0 spiro atoms. The molecule has 1 aliphatic carbocycles. The van der Waals surface area contributed by atoms with Crippen LogP contribution in [0.5, 0.6) is 0 Å². The van der Waals surface area contributed by atoms with Crippen molar-refractivity contribution in [3.8, 4) is 16.3 Å². The van der Waals surface area contributed by atoms with Gasteiger partial charge in [0.1, 0.15) is 0 Å². The summed E-state index contributed by atoms with van der Waals surface area (Å²) in [5.41, 5.74) is 4.83. The van der Waals surface area contributed by atoms with Crippen LogP contribution in [0.2, 0.25) is 5.02 Å². The summed E-state index contributed by atoms with van der Waals surface area (Å²) in [5.74, 6) is 0.943. The second-order valence-electron chi connectivity index (χ2n) is 11.5. The predicted molar refractivity (Wildman–Crippen MR) is 177 cm³/mol. The molecular formula is C33H34ClN7OS. The molecule has 1 saturated carbocycles. The number of benzene rings is 2. The zero-order valence-corrected chi connectivity index (χ0v) is 25.7. The van der Waals surface area contributed by atoms with Crippen molar-refractivity contribution in [3.05, 3.63) is 87.2 Å². The first-order valence-corrected chi connectivity index (χ1v) is 16.2. The Morgan fingerprint density at radius 1 is 0.930 bits per heavy atom. The monoisotopic (exact) mass is 611 g/mol. The number of halogens is 1. The van der Waals surface area contributed by atoms with Gasteiger partial charge in [0, 0.05) is 76.9 Å². The standard InChI is InChI=1S/C33H34ClN7OS/c1-39-14-16-40(17-15-39)26-10-8-25(9-11-26)37-32-36-21-24-19-28(31(42)41(30(24)38-32)33-35-13-18-43-33)27-12-7-23(20-29(27)34)22-5-3-2-4-6-22/h7-13,18-22H,2-6,14-17H2,1H3,(H,36,37,38). The first-order valence-electron chi connectivity index (χ1n) is 15.0. The van der Waals surface area contributed by atoms with Gasteiger partial charge in [-0.05, 0) is 67.8 Å². The first-order chi connectivity index (χ1) is 21.0. The lowest BCUT2D eigenvalue weighted by molar-refractivity contribution is 0.313. The van der Waals surface area contributed by atoms with Gasteiger partial charge in [-0.1, -0.05) is 43.0 Å². The van der Waals surface area contributed by atoms with Crippen LogP contribution in [0.4, 0.5) is 17.3 Å². The quantitative estimate of drug-likeness (QED) is 0.219. The Morgan fingerprint density at radius 2 is 1.72 bits per heavy atom. The molecule has 10 heteroatoms. The maximum absolute atomic E-state index is 14.1. The van der Waals surface area contributed by atoms with Crippen molar-refractivity contribution in [2.24, 2.45) is 0 Å². The number of fused-ring (bicyclic) bond motifs is 1. The van der Waals surface area contributed by atoms with Crippen molar-refractivity contribution in [2.45, 2.75) is 38.0 Å². The maximum Gasteiger partial charge on any atom is 0.266 e. The molecular weight excluding hydrogens is 578 g/mol. The molecule has 0 amide bonds. The molecule has 3 aromatic heterocycles. The number of pyridine rings is 1. The van der Waals surface area contributed by atoms with E-state index < -0.39 is 0 Å². The van der Waals surface area contributed by atoms with Crippen molar-refractivity contribution in [1.82, 2.24) is 24.4 Å². The number of likely N-dealkylation sites (N-methyl/N-ethyl adjacent to an activating group) is 1. The maximum atomic E-state index is 14.1. The summed E-state index contributed by atoms with van der Waals surface area (Å²) in [5, 5.41) is 7.04. The number of hydrogen-bond donors (Lipinski definition) is 1. The minimum Gasteiger partial charge on any atom is -0.369 e. The number of rotatable bonds is 6. The van der Waals surface area contributed by atoms with Gasteiger partial charge in [-0.15, -0.1) is 11.3 Å². The Morgan fingerprint density at radius 3 is 2.44 bits per heavy atom. The smallest absolute Gasteiger partial charge is 0.266 e. The Kier molecular flexibility index (Phi) is 7.86. The van der Waals surface area contributed by atoms with E-state index in [0.29, 0.717) is 38.8 Å². The van der Waals surface area contributed by atoms with E-state index in [2.05, 4.69) is 50.3 Å². The topological polar surface area (TPSA) is 79.2 Å². The second kappa shape index (κ2) is 12.1. The van der Waals surface area contributed by atoms with E-state index in [1.54, 1.807) is 17.0 Å². The van der Waals surface area contributed by atoms with Gasteiger partial charge in [0.05, 0.1) is 0 Å². The number of anilines is 3. The van der Waals surface area contributed by atoms with Gasteiger partial charge in [-0.2, -0.15) is 4.98 Å². The number of nitrogens with zero attached hydrogens (tertiary/aromatic N) is 6. The van der Waals surface area contributed by atoms with E-state index in [0.717, 1.165) is 37.3 Å². The third-order valence-corrected chi connectivity index (χ3v) is 9.77. The molecule has 0 atom stereocenters. The molecule has 0 bridgehead atoms. The lowest BCUT2D eigenvalue weighted by Gasteiger charge is -2.34. The van der Waals surface area contributed by atoms with Gasteiger partial charge in [-0.25, -0.2) is 14.5 Å². The number of nitrogens with one attached hydrogen (secondary N) is 1. The molecule has 2 aliphatic rings. The summed E-state index contributed by atoms with van der Waals surface area (Å²) in [4.78, 5) is 32.7. The van der Waals surface area contributed by atoms with Crippen LogP contribution in [0.25, 0.3) is 27.3 Å². The fourth-order valence-corrected chi connectivity index (χ4v) is 7.17. The van der Waals surface area contributed by atoms with Crippen molar-refractivity contribution in [3.63, 3.8) is 0 Å². The van der Waals surface area contributed by atoms with Gasteiger partial charge >= 0.3 is 0 Å². The molecule has 1 N–H and O–H groups in total. The van der Waals surface area contributed by atoms with Gasteiger partial charge in [0.15, 0.2) is 10.8 Å². The van der Waals surface area contributed by atoms with Gasteiger partial charge in [-0.3, -0.25) is 4.79 Å². The normalized spacial score (nSPS) is 16.6. The average molecular weight is 612 g/mol. The van der Waals surface area contributed by atoms with E-state index in [1.165, 1.54) is 54.7 Å². The van der Waals surface area contributed by atoms with E-state index >= 15 is 0 Å². The molecule has 2 aromatic carbocycles. The van der Waals surface area contributed by atoms with E-state index in [9.17, 15) is 4.79 Å². The number of piperazine rings is 1.